The molecule has 2 aliphatic rings. The van der Waals surface area contributed by atoms with Gasteiger partial charge in [-0.05, 0) is 36.6 Å². The number of carbonyl (C=O) groups excluding carboxylic acids is 1. The molecule has 26 heavy (non-hydrogen) atoms. The normalized spacial score (nSPS) is 20.2. The molecule has 134 valence electrons. The minimum atomic E-state index is -3.60. The third-order valence-electron chi connectivity index (χ3n) is 4.79. The molecule has 1 N–H and O–H groups in total. The summed E-state index contributed by atoms with van der Waals surface area (Å²) < 4.78 is 26.8. The average Bonchev–Trinajstić information content (AvgIpc) is 2.91. The summed E-state index contributed by atoms with van der Waals surface area (Å²) in [6, 6.07) is 14.1. The molecule has 0 aliphatic carbocycles. The number of aliphatic imine (C=N–C) groups is 1. The fourth-order valence-electron chi connectivity index (χ4n) is 3.43. The SMILES string of the molecule is C[C@@H](N=C1NS(=O)(=O)c2ccccc21)C(=O)N1CCc2ccccc2C1. The van der Waals surface area contributed by atoms with Crippen molar-refractivity contribution in [1.82, 2.24) is 9.62 Å². The molecule has 6 nitrogen and oxygen atoms in total. The van der Waals surface area contributed by atoms with Gasteiger partial charge in [0.1, 0.15) is 11.9 Å². The van der Waals surface area contributed by atoms with Crippen LogP contribution in [0.4, 0.5) is 0 Å². The van der Waals surface area contributed by atoms with Crippen molar-refractivity contribution in [2.45, 2.75) is 30.8 Å². The van der Waals surface area contributed by atoms with Gasteiger partial charge < -0.3 is 4.90 Å². The van der Waals surface area contributed by atoms with E-state index in [-0.39, 0.29) is 16.6 Å². The van der Waals surface area contributed by atoms with Gasteiger partial charge in [-0.1, -0.05) is 36.4 Å². The molecule has 0 radical (unpaired) electrons. The molecular formula is C19H19N3O3S. The van der Waals surface area contributed by atoms with Gasteiger partial charge in [0.15, 0.2) is 0 Å². The van der Waals surface area contributed by atoms with E-state index in [9.17, 15) is 13.2 Å². The predicted molar refractivity (Wildman–Crippen MR) is 98.3 cm³/mol. The first-order valence-electron chi connectivity index (χ1n) is 8.51. The largest absolute Gasteiger partial charge is 0.336 e. The molecule has 1 atom stereocenters. The lowest BCUT2D eigenvalue weighted by Gasteiger charge is -2.30. The zero-order valence-corrected chi connectivity index (χ0v) is 15.2. The minimum Gasteiger partial charge on any atom is -0.336 e. The molecule has 2 heterocycles. The Labute approximate surface area is 152 Å². The fourth-order valence-corrected chi connectivity index (χ4v) is 4.67. The van der Waals surface area contributed by atoms with Crippen LogP contribution in [0.3, 0.4) is 0 Å². The second kappa shape index (κ2) is 6.25. The van der Waals surface area contributed by atoms with Crippen LogP contribution in [-0.4, -0.2) is 37.6 Å². The van der Waals surface area contributed by atoms with E-state index in [1.54, 1.807) is 30.0 Å². The second-order valence-electron chi connectivity index (χ2n) is 6.53. The van der Waals surface area contributed by atoms with Gasteiger partial charge in [-0.15, -0.1) is 0 Å². The topological polar surface area (TPSA) is 78.8 Å². The van der Waals surface area contributed by atoms with E-state index >= 15 is 0 Å². The van der Waals surface area contributed by atoms with Crippen LogP contribution in [0, 0.1) is 0 Å². The Morgan fingerprint density at radius 2 is 1.81 bits per heavy atom. The number of rotatable bonds is 2. The Hall–Kier alpha value is -2.67. The van der Waals surface area contributed by atoms with Crippen LogP contribution in [0.2, 0.25) is 0 Å². The first-order valence-corrected chi connectivity index (χ1v) is 9.99. The van der Waals surface area contributed by atoms with Gasteiger partial charge in [-0.25, -0.2) is 8.42 Å². The maximum atomic E-state index is 12.8. The van der Waals surface area contributed by atoms with Gasteiger partial charge >= 0.3 is 0 Å². The lowest BCUT2D eigenvalue weighted by atomic mass is 9.99. The number of nitrogens with one attached hydrogen (secondary N) is 1. The summed E-state index contributed by atoms with van der Waals surface area (Å²) in [5, 5.41) is 0. The van der Waals surface area contributed by atoms with Gasteiger partial charge in [0.2, 0.25) is 5.91 Å². The summed E-state index contributed by atoms with van der Waals surface area (Å²) in [4.78, 5) is 19.2. The summed E-state index contributed by atoms with van der Waals surface area (Å²) in [7, 11) is -3.60. The number of amides is 1. The van der Waals surface area contributed by atoms with E-state index in [2.05, 4.69) is 15.8 Å². The van der Waals surface area contributed by atoms with Gasteiger partial charge in [0.25, 0.3) is 10.0 Å². The molecule has 0 aromatic heterocycles. The summed E-state index contributed by atoms with van der Waals surface area (Å²) in [5.74, 6) is 0.134. The fraction of sp³-hybridized carbons (Fsp3) is 0.263. The Kier molecular flexibility index (Phi) is 4.03. The Morgan fingerprint density at radius 3 is 2.62 bits per heavy atom. The van der Waals surface area contributed by atoms with Crippen LogP contribution in [0.25, 0.3) is 0 Å². The van der Waals surface area contributed by atoms with Crippen LogP contribution in [0.1, 0.15) is 23.6 Å². The molecule has 0 spiro atoms. The highest BCUT2D eigenvalue weighted by molar-refractivity contribution is 7.90. The van der Waals surface area contributed by atoms with Crippen molar-refractivity contribution in [3.63, 3.8) is 0 Å². The van der Waals surface area contributed by atoms with E-state index in [1.807, 2.05) is 18.2 Å². The maximum Gasteiger partial charge on any atom is 0.263 e. The molecule has 1 amide bonds. The third kappa shape index (κ3) is 2.88. The number of sulfonamides is 1. The lowest BCUT2D eigenvalue weighted by Crippen LogP contribution is -2.41. The van der Waals surface area contributed by atoms with Crippen molar-refractivity contribution in [3.8, 4) is 0 Å². The highest BCUT2D eigenvalue weighted by Gasteiger charge is 2.32. The molecule has 2 aliphatic heterocycles. The highest BCUT2D eigenvalue weighted by atomic mass is 32.2. The van der Waals surface area contributed by atoms with Crippen molar-refractivity contribution >= 4 is 21.8 Å². The zero-order valence-electron chi connectivity index (χ0n) is 14.3. The lowest BCUT2D eigenvalue weighted by molar-refractivity contribution is -0.133. The quantitative estimate of drug-likeness (QED) is 0.875. The van der Waals surface area contributed by atoms with Crippen LogP contribution in [-0.2, 0) is 27.8 Å². The number of amidine groups is 1. The van der Waals surface area contributed by atoms with Crippen LogP contribution in [0.5, 0.6) is 0 Å². The van der Waals surface area contributed by atoms with Crippen molar-refractivity contribution in [3.05, 3.63) is 65.2 Å². The molecule has 2 aromatic rings. The monoisotopic (exact) mass is 369 g/mol. The minimum absolute atomic E-state index is 0.101. The smallest absolute Gasteiger partial charge is 0.263 e. The number of benzene rings is 2. The van der Waals surface area contributed by atoms with E-state index in [4.69, 9.17) is 0 Å². The molecule has 0 unspecified atom stereocenters. The summed E-state index contributed by atoms with van der Waals surface area (Å²) in [6.45, 7) is 2.91. The summed E-state index contributed by atoms with van der Waals surface area (Å²) in [5.41, 5.74) is 2.93. The summed E-state index contributed by atoms with van der Waals surface area (Å²) >= 11 is 0. The van der Waals surface area contributed by atoms with Crippen LogP contribution < -0.4 is 4.72 Å². The first-order chi connectivity index (χ1) is 12.5. The van der Waals surface area contributed by atoms with Gasteiger partial charge in [0.05, 0.1) is 4.90 Å². The van der Waals surface area contributed by atoms with Crippen molar-refractivity contribution in [2.75, 3.05) is 6.54 Å². The number of fused-ring (bicyclic) bond motifs is 2. The third-order valence-corrected chi connectivity index (χ3v) is 6.18. The Morgan fingerprint density at radius 1 is 1.12 bits per heavy atom. The Bertz CT molecular complexity index is 1010. The van der Waals surface area contributed by atoms with E-state index in [1.165, 1.54) is 11.6 Å². The first kappa shape index (κ1) is 16.8. The molecule has 2 aromatic carbocycles. The van der Waals surface area contributed by atoms with Gasteiger partial charge in [-0.2, -0.15) is 0 Å². The van der Waals surface area contributed by atoms with E-state index < -0.39 is 16.1 Å². The van der Waals surface area contributed by atoms with Crippen molar-refractivity contribution in [1.29, 1.82) is 0 Å². The molecular weight excluding hydrogens is 350 g/mol. The average molecular weight is 369 g/mol. The maximum absolute atomic E-state index is 12.8. The molecule has 0 bridgehead atoms. The summed E-state index contributed by atoms with van der Waals surface area (Å²) in [6.07, 6.45) is 0.820. The van der Waals surface area contributed by atoms with E-state index in [0.717, 1.165) is 12.0 Å². The second-order valence-corrected chi connectivity index (χ2v) is 8.18. The predicted octanol–water partition coefficient (Wildman–Crippen LogP) is 1.70. The zero-order chi connectivity index (χ0) is 18.3. The number of carbonyl (C=O) groups is 1. The van der Waals surface area contributed by atoms with Crippen LogP contribution >= 0.6 is 0 Å². The molecule has 4 rings (SSSR count). The van der Waals surface area contributed by atoms with Crippen molar-refractivity contribution < 1.29 is 13.2 Å². The highest BCUT2D eigenvalue weighted by Crippen LogP contribution is 2.23. The van der Waals surface area contributed by atoms with Gasteiger partial charge in [-0.3, -0.25) is 14.5 Å². The van der Waals surface area contributed by atoms with Crippen molar-refractivity contribution in [2.24, 2.45) is 4.99 Å². The number of nitrogens with zero attached hydrogens (tertiary/aromatic N) is 2. The molecule has 7 heteroatoms. The number of hydrogen-bond acceptors (Lipinski definition) is 4. The standard InChI is InChI=1S/C19H19N3O3S/c1-13(19(23)22-11-10-14-6-2-3-7-15(14)12-22)20-18-16-8-4-5-9-17(16)26(24,25)21-18/h2-9,13H,10-12H2,1H3,(H,20,21)/t13-/m1/s1. The van der Waals surface area contributed by atoms with Crippen LogP contribution in [0.15, 0.2) is 58.4 Å². The molecule has 0 saturated heterocycles. The van der Waals surface area contributed by atoms with Gasteiger partial charge in [0, 0.05) is 18.7 Å². The van der Waals surface area contributed by atoms with E-state index in [0.29, 0.717) is 18.7 Å². The Balaban J connectivity index is 1.57. The molecule has 0 saturated carbocycles. The number of hydrogen-bond donors (Lipinski definition) is 1. The molecule has 0 fully saturated rings.